The normalized spacial score (nSPS) is 13.2. The maximum atomic E-state index is 12.7. The molecule has 0 fully saturated rings. The van der Waals surface area contributed by atoms with Crippen LogP contribution in [0.2, 0.25) is 0 Å². The molecule has 2 aromatic carbocycles. The van der Waals surface area contributed by atoms with Crippen LogP contribution < -0.4 is 9.47 Å². The summed E-state index contributed by atoms with van der Waals surface area (Å²) < 4.78 is 11.5. The maximum Gasteiger partial charge on any atom is 0.223 e. The SMILES string of the molecule is CCOc1cc2c(cc1OCC)CN(C(=O)CCc1ccc(C)cc1)CC2. The van der Waals surface area contributed by atoms with Crippen LogP contribution in [0.4, 0.5) is 0 Å². The molecule has 1 amide bonds. The summed E-state index contributed by atoms with van der Waals surface area (Å²) in [6.45, 7) is 8.64. The fraction of sp³-hybridized carbons (Fsp3) is 0.435. The number of hydrogen-bond donors (Lipinski definition) is 0. The van der Waals surface area contributed by atoms with Gasteiger partial charge in [-0.05, 0) is 62.4 Å². The van der Waals surface area contributed by atoms with Gasteiger partial charge in [0.15, 0.2) is 11.5 Å². The van der Waals surface area contributed by atoms with Gasteiger partial charge in [-0.3, -0.25) is 4.79 Å². The minimum atomic E-state index is 0.216. The van der Waals surface area contributed by atoms with Crippen LogP contribution in [-0.2, 0) is 24.2 Å². The van der Waals surface area contributed by atoms with Crippen molar-refractivity contribution in [1.82, 2.24) is 4.90 Å². The quantitative estimate of drug-likeness (QED) is 0.732. The van der Waals surface area contributed by atoms with E-state index in [1.165, 1.54) is 16.7 Å². The Morgan fingerprint density at radius 2 is 1.63 bits per heavy atom. The molecule has 0 unspecified atom stereocenters. The average Bonchev–Trinajstić information content (AvgIpc) is 2.68. The lowest BCUT2D eigenvalue weighted by molar-refractivity contribution is -0.132. The van der Waals surface area contributed by atoms with E-state index in [9.17, 15) is 4.79 Å². The highest BCUT2D eigenvalue weighted by Crippen LogP contribution is 2.34. The minimum absolute atomic E-state index is 0.216. The van der Waals surface area contributed by atoms with Crippen molar-refractivity contribution >= 4 is 5.91 Å². The van der Waals surface area contributed by atoms with Gasteiger partial charge >= 0.3 is 0 Å². The average molecular weight is 367 g/mol. The van der Waals surface area contributed by atoms with E-state index < -0.39 is 0 Å². The Kier molecular flexibility index (Phi) is 6.38. The number of aryl methyl sites for hydroxylation is 2. The summed E-state index contributed by atoms with van der Waals surface area (Å²) in [6.07, 6.45) is 2.20. The molecule has 0 bridgehead atoms. The number of carbonyl (C=O) groups is 1. The number of rotatable bonds is 7. The van der Waals surface area contributed by atoms with Crippen LogP contribution in [-0.4, -0.2) is 30.6 Å². The highest BCUT2D eigenvalue weighted by Gasteiger charge is 2.22. The van der Waals surface area contributed by atoms with E-state index in [0.29, 0.717) is 26.2 Å². The molecule has 0 aliphatic carbocycles. The van der Waals surface area contributed by atoms with Crippen LogP contribution in [0, 0.1) is 6.92 Å². The second kappa shape index (κ2) is 8.94. The zero-order valence-electron chi connectivity index (χ0n) is 16.6. The monoisotopic (exact) mass is 367 g/mol. The Labute approximate surface area is 162 Å². The molecule has 2 aromatic rings. The molecule has 27 heavy (non-hydrogen) atoms. The summed E-state index contributed by atoms with van der Waals surface area (Å²) in [7, 11) is 0. The van der Waals surface area contributed by atoms with Gasteiger partial charge in [-0.1, -0.05) is 29.8 Å². The van der Waals surface area contributed by atoms with Crippen LogP contribution in [0.3, 0.4) is 0 Å². The highest BCUT2D eigenvalue weighted by atomic mass is 16.5. The third kappa shape index (κ3) is 4.82. The van der Waals surface area contributed by atoms with Gasteiger partial charge < -0.3 is 14.4 Å². The molecular weight excluding hydrogens is 338 g/mol. The molecule has 0 spiro atoms. The van der Waals surface area contributed by atoms with Gasteiger partial charge in [0.25, 0.3) is 0 Å². The van der Waals surface area contributed by atoms with E-state index in [2.05, 4.69) is 37.3 Å². The van der Waals surface area contributed by atoms with Crippen molar-refractivity contribution in [3.05, 3.63) is 58.7 Å². The lowest BCUT2D eigenvalue weighted by Crippen LogP contribution is -2.36. The maximum absolute atomic E-state index is 12.7. The Morgan fingerprint density at radius 1 is 1.00 bits per heavy atom. The predicted octanol–water partition coefficient (Wildman–Crippen LogP) is 4.31. The Bertz CT molecular complexity index is 783. The van der Waals surface area contributed by atoms with E-state index in [4.69, 9.17) is 9.47 Å². The third-order valence-corrected chi connectivity index (χ3v) is 4.98. The largest absolute Gasteiger partial charge is 0.490 e. The summed E-state index contributed by atoms with van der Waals surface area (Å²) in [4.78, 5) is 14.7. The summed E-state index contributed by atoms with van der Waals surface area (Å²) in [5.74, 6) is 1.79. The number of fused-ring (bicyclic) bond motifs is 1. The van der Waals surface area contributed by atoms with Gasteiger partial charge in [-0.25, -0.2) is 0 Å². The number of nitrogens with zero attached hydrogens (tertiary/aromatic N) is 1. The first-order valence-corrected chi connectivity index (χ1v) is 9.85. The van der Waals surface area contributed by atoms with Gasteiger partial charge in [0, 0.05) is 19.5 Å². The fourth-order valence-corrected chi connectivity index (χ4v) is 3.48. The van der Waals surface area contributed by atoms with Crippen LogP contribution in [0.5, 0.6) is 11.5 Å². The van der Waals surface area contributed by atoms with Crippen molar-refractivity contribution in [3.8, 4) is 11.5 Å². The molecule has 1 aliphatic heterocycles. The second-order valence-electron chi connectivity index (χ2n) is 6.98. The molecule has 0 N–H and O–H groups in total. The number of ether oxygens (including phenoxy) is 2. The molecule has 0 saturated heterocycles. The van der Waals surface area contributed by atoms with Crippen LogP contribution >= 0.6 is 0 Å². The van der Waals surface area contributed by atoms with Crippen molar-refractivity contribution < 1.29 is 14.3 Å². The van der Waals surface area contributed by atoms with Gasteiger partial charge in [-0.15, -0.1) is 0 Å². The zero-order chi connectivity index (χ0) is 19.2. The number of carbonyl (C=O) groups excluding carboxylic acids is 1. The second-order valence-corrected chi connectivity index (χ2v) is 6.98. The molecule has 0 atom stereocenters. The molecule has 1 aliphatic rings. The van der Waals surface area contributed by atoms with Crippen molar-refractivity contribution in [2.75, 3.05) is 19.8 Å². The van der Waals surface area contributed by atoms with E-state index in [-0.39, 0.29) is 5.91 Å². The molecule has 1 heterocycles. The van der Waals surface area contributed by atoms with E-state index in [1.54, 1.807) is 0 Å². The van der Waals surface area contributed by atoms with Crippen LogP contribution in [0.1, 0.15) is 42.5 Å². The van der Waals surface area contributed by atoms with Gasteiger partial charge in [0.2, 0.25) is 5.91 Å². The van der Waals surface area contributed by atoms with Crippen molar-refractivity contribution in [2.45, 2.75) is 46.6 Å². The topological polar surface area (TPSA) is 38.8 Å². The lowest BCUT2D eigenvalue weighted by Gasteiger charge is -2.30. The van der Waals surface area contributed by atoms with Crippen molar-refractivity contribution in [3.63, 3.8) is 0 Å². The number of benzene rings is 2. The van der Waals surface area contributed by atoms with Crippen LogP contribution in [0.15, 0.2) is 36.4 Å². The van der Waals surface area contributed by atoms with E-state index in [0.717, 1.165) is 36.4 Å². The minimum Gasteiger partial charge on any atom is -0.490 e. The van der Waals surface area contributed by atoms with E-state index >= 15 is 0 Å². The Balaban J connectivity index is 1.66. The van der Waals surface area contributed by atoms with E-state index in [1.807, 2.05) is 24.8 Å². The highest BCUT2D eigenvalue weighted by molar-refractivity contribution is 5.77. The molecule has 0 radical (unpaired) electrons. The fourth-order valence-electron chi connectivity index (χ4n) is 3.48. The van der Waals surface area contributed by atoms with Gasteiger partial charge in [-0.2, -0.15) is 0 Å². The summed E-state index contributed by atoms with van der Waals surface area (Å²) in [5, 5.41) is 0. The first-order valence-electron chi connectivity index (χ1n) is 9.85. The first-order chi connectivity index (χ1) is 13.1. The summed E-state index contributed by atoms with van der Waals surface area (Å²) >= 11 is 0. The first kappa shape index (κ1) is 19.3. The third-order valence-electron chi connectivity index (χ3n) is 4.98. The number of amides is 1. The molecule has 4 nitrogen and oxygen atoms in total. The van der Waals surface area contributed by atoms with Gasteiger partial charge in [0.05, 0.1) is 13.2 Å². The smallest absolute Gasteiger partial charge is 0.223 e. The molecule has 144 valence electrons. The molecule has 3 rings (SSSR count). The van der Waals surface area contributed by atoms with Crippen molar-refractivity contribution in [2.24, 2.45) is 0 Å². The molecule has 4 heteroatoms. The van der Waals surface area contributed by atoms with Crippen molar-refractivity contribution in [1.29, 1.82) is 0 Å². The predicted molar refractivity (Wildman–Crippen MR) is 107 cm³/mol. The lowest BCUT2D eigenvalue weighted by atomic mass is 9.98. The van der Waals surface area contributed by atoms with Gasteiger partial charge in [0.1, 0.15) is 0 Å². The Morgan fingerprint density at radius 3 is 2.26 bits per heavy atom. The summed E-state index contributed by atoms with van der Waals surface area (Å²) in [5.41, 5.74) is 4.88. The zero-order valence-corrected chi connectivity index (χ0v) is 16.6. The Hall–Kier alpha value is -2.49. The summed E-state index contributed by atoms with van der Waals surface area (Å²) in [6, 6.07) is 12.5. The molecule has 0 saturated carbocycles. The van der Waals surface area contributed by atoms with Crippen LogP contribution in [0.25, 0.3) is 0 Å². The number of hydrogen-bond acceptors (Lipinski definition) is 3. The molecule has 0 aromatic heterocycles. The standard InChI is InChI=1S/C23H29NO3/c1-4-26-21-14-19-12-13-24(16-20(19)15-22(21)27-5-2)23(25)11-10-18-8-6-17(3)7-9-18/h6-9,14-15H,4-5,10-13,16H2,1-3H3. The molecular formula is C23H29NO3.